The van der Waals surface area contributed by atoms with Crippen molar-refractivity contribution >= 4 is 90.4 Å². The first-order chi connectivity index (χ1) is 30.4. The largest absolute Gasteiger partial charge is 0.489 e. The normalized spacial score (nSPS) is 17.0. The minimum absolute atomic E-state index is 0.0133. The zero-order valence-electron chi connectivity index (χ0n) is 36.2. The molecule has 63 heavy (non-hydrogen) atoms. The van der Waals surface area contributed by atoms with Gasteiger partial charge in [-0.2, -0.15) is 0 Å². The molecule has 10 rings (SSSR count). The predicted molar refractivity (Wildman–Crippen MR) is 250 cm³/mol. The molecular weight excluding hydrogens is 835 g/mol. The van der Waals surface area contributed by atoms with E-state index in [1.165, 1.54) is 21.6 Å². The number of aryl methyl sites for hydroxylation is 2. The highest BCUT2D eigenvalue weighted by Gasteiger charge is 2.31. The molecule has 6 heterocycles. The molecule has 2 unspecified atom stereocenters. The number of hydrogen-bond donors (Lipinski definition) is 4. The summed E-state index contributed by atoms with van der Waals surface area (Å²) in [5.74, 6) is 2.20. The maximum absolute atomic E-state index is 12.6. The second kappa shape index (κ2) is 17.6. The zero-order valence-corrected chi connectivity index (χ0v) is 37.9. The lowest BCUT2D eigenvalue weighted by Gasteiger charge is -2.23. The number of ether oxygens (including phenoxy) is 2. The number of amides is 1. The molecule has 4 N–H and O–H groups in total. The molecule has 0 saturated carbocycles. The number of carbonyl (C=O) groups is 2. The third-order valence-corrected chi connectivity index (χ3v) is 13.9. The lowest BCUT2D eigenvalue weighted by atomic mass is 9.87. The Balaban J connectivity index is 0.000000161. The van der Waals surface area contributed by atoms with Gasteiger partial charge < -0.3 is 30.5 Å². The molecule has 0 spiro atoms. The first kappa shape index (κ1) is 42.3. The van der Waals surface area contributed by atoms with Crippen LogP contribution in [0.1, 0.15) is 97.5 Å². The maximum atomic E-state index is 12.6. The van der Waals surface area contributed by atoms with E-state index in [2.05, 4.69) is 64.1 Å². The van der Waals surface area contributed by atoms with E-state index in [-0.39, 0.29) is 36.0 Å². The highest BCUT2D eigenvalue weighted by atomic mass is 32.1. The van der Waals surface area contributed by atoms with E-state index < -0.39 is 5.97 Å². The van der Waals surface area contributed by atoms with E-state index in [9.17, 15) is 14.7 Å². The van der Waals surface area contributed by atoms with Crippen molar-refractivity contribution in [3.8, 4) is 11.5 Å². The van der Waals surface area contributed by atoms with Gasteiger partial charge in [-0.15, -0.1) is 22.7 Å². The first-order valence-electron chi connectivity index (χ1n) is 21.6. The van der Waals surface area contributed by atoms with Crippen molar-refractivity contribution in [3.05, 3.63) is 80.1 Å². The Labute approximate surface area is 373 Å². The quantitative estimate of drug-likeness (QED) is 0.0973. The summed E-state index contributed by atoms with van der Waals surface area (Å²) in [4.78, 5) is 55.1. The van der Waals surface area contributed by atoms with E-state index in [1.807, 2.05) is 60.0 Å². The molecule has 2 aliphatic heterocycles. The molecule has 4 aliphatic rings. The average molecular weight is 886 g/mol. The van der Waals surface area contributed by atoms with Crippen LogP contribution < -0.4 is 25.4 Å². The molecule has 0 fully saturated rings. The van der Waals surface area contributed by atoms with Gasteiger partial charge in [0.25, 0.3) is 0 Å². The smallest absolute Gasteiger partial charge is 0.306 e. The fraction of sp³-hybridized carbons (Fsp3) is 0.404. The van der Waals surface area contributed by atoms with Gasteiger partial charge in [0.2, 0.25) is 5.91 Å². The van der Waals surface area contributed by atoms with Gasteiger partial charge in [-0.05, 0) is 138 Å². The Kier molecular flexibility index (Phi) is 11.8. The lowest BCUT2D eigenvalue weighted by Crippen LogP contribution is -2.37. The first-order valence-corrected chi connectivity index (χ1v) is 23.3. The van der Waals surface area contributed by atoms with Crippen LogP contribution in [0.3, 0.4) is 0 Å². The van der Waals surface area contributed by atoms with Crippen molar-refractivity contribution in [2.75, 3.05) is 10.6 Å². The molecular formula is C47H51N9O5S2. The van der Waals surface area contributed by atoms with Crippen molar-refractivity contribution < 1.29 is 24.2 Å². The second-order valence-electron chi connectivity index (χ2n) is 17.3. The van der Waals surface area contributed by atoms with E-state index >= 15 is 0 Å². The molecule has 16 heteroatoms. The molecule has 2 aliphatic carbocycles. The number of aliphatic imine (C=N–C) groups is 2. The van der Waals surface area contributed by atoms with Crippen molar-refractivity contribution in [2.24, 2.45) is 21.8 Å². The Morgan fingerprint density at radius 3 is 1.62 bits per heavy atom. The molecule has 2 aromatic carbocycles. The van der Waals surface area contributed by atoms with Gasteiger partial charge >= 0.3 is 5.97 Å². The molecule has 14 nitrogen and oxygen atoms in total. The number of hydrogen-bond acceptors (Lipinski definition) is 14. The van der Waals surface area contributed by atoms with Crippen LogP contribution in [0.4, 0.5) is 23.0 Å². The number of aliphatic carboxylic acids is 1. The SMILES string of the molecule is CC(C)NC(=O)C1CCc2c(sc3ncnc(Nc4cc5c(cc4OC(C)C)CN=C5)c23)C1.CC(C)Oc1cc2c(cc1Nc1ncnc3sc4c(c13)CCC(C(=O)O)C4)C=NC2. The summed E-state index contributed by atoms with van der Waals surface area (Å²) in [5.41, 5.74) is 8.65. The van der Waals surface area contributed by atoms with Crippen LogP contribution in [0.2, 0.25) is 0 Å². The monoisotopic (exact) mass is 885 g/mol. The predicted octanol–water partition coefficient (Wildman–Crippen LogP) is 9.13. The molecule has 0 radical (unpaired) electrons. The van der Waals surface area contributed by atoms with Gasteiger partial charge in [-0.1, -0.05) is 0 Å². The Morgan fingerprint density at radius 2 is 1.16 bits per heavy atom. The molecule has 326 valence electrons. The minimum Gasteiger partial charge on any atom is -0.489 e. The van der Waals surface area contributed by atoms with Crippen LogP contribution >= 0.6 is 22.7 Å². The van der Waals surface area contributed by atoms with E-state index in [1.54, 1.807) is 35.3 Å². The third kappa shape index (κ3) is 8.83. The van der Waals surface area contributed by atoms with E-state index in [4.69, 9.17) is 9.47 Å². The maximum Gasteiger partial charge on any atom is 0.306 e. The van der Waals surface area contributed by atoms with Gasteiger partial charge in [-0.3, -0.25) is 19.6 Å². The van der Waals surface area contributed by atoms with Gasteiger partial charge in [0.15, 0.2) is 0 Å². The average Bonchev–Trinajstić information content (AvgIpc) is 4.05. The number of nitrogens with zero attached hydrogens (tertiary/aromatic N) is 6. The topological polar surface area (TPSA) is 185 Å². The zero-order chi connectivity index (χ0) is 43.9. The van der Waals surface area contributed by atoms with Gasteiger partial charge in [0, 0.05) is 34.1 Å². The summed E-state index contributed by atoms with van der Waals surface area (Å²) < 4.78 is 12.2. The van der Waals surface area contributed by atoms with Crippen LogP contribution in [0.5, 0.6) is 11.5 Å². The number of rotatable bonds is 11. The Bertz CT molecular complexity index is 2810. The molecule has 0 saturated heterocycles. The number of aromatic nitrogens is 4. The fourth-order valence-corrected chi connectivity index (χ4v) is 11.2. The number of nitrogens with one attached hydrogen (secondary N) is 3. The summed E-state index contributed by atoms with van der Waals surface area (Å²) in [5, 5.41) is 21.5. The number of carboxylic acid groups (broad SMARTS) is 1. The van der Waals surface area contributed by atoms with Crippen LogP contribution in [0.15, 0.2) is 46.9 Å². The standard InChI is InChI=1S/C25H29N5O2S.C22H22N4O3S/c1-13(2)29-24(31)15-5-6-18-21(9-15)33-25-22(18)23(27-12-28-25)30-19-7-16-10-26-11-17(16)8-20(19)32-14(3)4;1-11(2)29-17-6-14-9-23-8-13(14)5-16(17)26-20-19-15-4-3-12(22(27)28)7-18(15)30-21(19)25-10-24-20/h7-8,10,12-15H,5-6,9,11H2,1-4H3,(H,29,31)(H,27,28,30);5-6,8,10-12H,3-4,7,9H2,1-2H3,(H,27,28)(H,24,25,26). The summed E-state index contributed by atoms with van der Waals surface area (Å²) in [7, 11) is 0. The lowest BCUT2D eigenvalue weighted by molar-refractivity contribution is -0.142. The Hall–Kier alpha value is -6.00. The number of carbonyl (C=O) groups excluding carboxylic acids is 1. The number of thiophene rings is 2. The number of fused-ring (bicyclic) bond motifs is 8. The van der Waals surface area contributed by atoms with Gasteiger partial charge in [-0.25, -0.2) is 19.9 Å². The molecule has 1 amide bonds. The van der Waals surface area contributed by atoms with Crippen LogP contribution in [0.25, 0.3) is 20.4 Å². The fourth-order valence-electron chi connectivity index (χ4n) is 8.68. The molecule has 6 aromatic rings. The molecule has 0 bridgehead atoms. The van der Waals surface area contributed by atoms with Crippen molar-refractivity contribution in [2.45, 2.75) is 111 Å². The summed E-state index contributed by atoms with van der Waals surface area (Å²) in [6.45, 7) is 13.4. The minimum atomic E-state index is -0.724. The van der Waals surface area contributed by atoms with Crippen LogP contribution in [0, 0.1) is 11.8 Å². The molecule has 2 atom stereocenters. The third-order valence-electron chi connectivity index (χ3n) is 11.5. The van der Waals surface area contributed by atoms with Gasteiger partial charge in [0.1, 0.15) is 45.5 Å². The number of anilines is 4. The van der Waals surface area contributed by atoms with E-state index in [0.717, 1.165) is 102 Å². The van der Waals surface area contributed by atoms with E-state index in [0.29, 0.717) is 25.9 Å². The van der Waals surface area contributed by atoms with Gasteiger partial charge in [0.05, 0.1) is 53.4 Å². The van der Waals surface area contributed by atoms with Crippen molar-refractivity contribution in [3.63, 3.8) is 0 Å². The number of benzene rings is 2. The Morgan fingerprint density at radius 1 is 0.683 bits per heavy atom. The van der Waals surface area contributed by atoms with Crippen molar-refractivity contribution in [1.82, 2.24) is 25.3 Å². The van der Waals surface area contributed by atoms with Crippen molar-refractivity contribution in [1.29, 1.82) is 0 Å². The second-order valence-corrected chi connectivity index (χ2v) is 19.5. The number of carboxylic acids is 1. The van der Waals surface area contributed by atoms with Crippen LogP contribution in [-0.4, -0.2) is 67.6 Å². The van der Waals surface area contributed by atoms with Crippen LogP contribution in [-0.2, 0) is 48.4 Å². The highest BCUT2D eigenvalue weighted by Crippen LogP contribution is 2.44. The summed E-state index contributed by atoms with van der Waals surface area (Å²) >= 11 is 3.25. The highest BCUT2D eigenvalue weighted by molar-refractivity contribution is 7.19. The summed E-state index contributed by atoms with van der Waals surface area (Å²) in [6.07, 6.45) is 11.4. The molecule has 4 aromatic heterocycles. The summed E-state index contributed by atoms with van der Waals surface area (Å²) in [6, 6.07) is 8.41.